The molecule has 1 aromatic carbocycles. The summed E-state index contributed by atoms with van der Waals surface area (Å²) < 4.78 is 29.5. The third-order valence-corrected chi connectivity index (χ3v) is 7.14. The number of aryl methyl sites for hydroxylation is 1. The Kier molecular flexibility index (Phi) is 7.80. The maximum atomic E-state index is 12.5. The number of nitrogens with one attached hydrogen (secondary N) is 1. The maximum Gasteiger partial charge on any atom is 0.251 e. The zero-order valence-corrected chi connectivity index (χ0v) is 18.2. The Bertz CT molecular complexity index is 1030. The third kappa shape index (κ3) is 5.48. The number of aliphatic hydroxyl groups is 1. The molecule has 0 bridgehead atoms. The molecule has 0 aliphatic heterocycles. The first-order valence-electron chi connectivity index (χ1n) is 9.59. The lowest BCUT2D eigenvalue weighted by Gasteiger charge is -2.26. The third-order valence-electron chi connectivity index (χ3n) is 5.11. The van der Waals surface area contributed by atoms with Gasteiger partial charge in [-0.25, -0.2) is 8.42 Å². The number of hydrogen-bond donors (Lipinski definition) is 2. The van der Waals surface area contributed by atoms with Crippen LogP contribution in [0.4, 0.5) is 0 Å². The van der Waals surface area contributed by atoms with Crippen LogP contribution in [0.3, 0.4) is 0 Å². The van der Waals surface area contributed by atoms with Crippen molar-refractivity contribution in [2.75, 3.05) is 26.5 Å². The molecule has 1 atom stereocenters. The second kappa shape index (κ2) is 9.90. The van der Waals surface area contributed by atoms with E-state index in [9.17, 15) is 18.0 Å². The van der Waals surface area contributed by atoms with Crippen molar-refractivity contribution in [2.45, 2.75) is 31.1 Å². The van der Waals surface area contributed by atoms with Gasteiger partial charge in [0, 0.05) is 45.1 Å². The largest absolute Gasteiger partial charge is 0.494 e. The van der Waals surface area contributed by atoms with E-state index >= 15 is 0 Å². The molecule has 8 nitrogen and oxygen atoms in total. The van der Waals surface area contributed by atoms with Gasteiger partial charge in [0.25, 0.3) is 5.56 Å². The lowest BCUT2D eigenvalue weighted by atomic mass is 10.1. The summed E-state index contributed by atoms with van der Waals surface area (Å²) in [6, 6.07) is 10.5. The molecule has 2 N–H and O–H groups in total. The van der Waals surface area contributed by atoms with Crippen LogP contribution in [0.2, 0.25) is 0 Å². The van der Waals surface area contributed by atoms with Crippen LogP contribution in [-0.2, 0) is 21.2 Å². The predicted molar refractivity (Wildman–Crippen MR) is 115 cm³/mol. The molecule has 0 aliphatic carbocycles. The van der Waals surface area contributed by atoms with Crippen LogP contribution in [0.1, 0.15) is 19.8 Å². The van der Waals surface area contributed by atoms with E-state index in [1.807, 2.05) is 12.1 Å². The van der Waals surface area contributed by atoms with Gasteiger partial charge in [0.05, 0.1) is 6.61 Å². The lowest BCUT2D eigenvalue weighted by Crippen LogP contribution is -2.49. The highest BCUT2D eigenvalue weighted by atomic mass is 32.2. The van der Waals surface area contributed by atoms with E-state index in [4.69, 9.17) is 9.84 Å². The van der Waals surface area contributed by atoms with Gasteiger partial charge in [-0.2, -0.15) is 0 Å². The fourth-order valence-electron chi connectivity index (χ4n) is 2.94. The van der Waals surface area contributed by atoms with Gasteiger partial charge in [0.1, 0.15) is 10.5 Å². The summed E-state index contributed by atoms with van der Waals surface area (Å²) in [5.74, 6) is 0.0748. The summed E-state index contributed by atoms with van der Waals surface area (Å²) >= 11 is 0. The van der Waals surface area contributed by atoms with Crippen molar-refractivity contribution in [3.05, 3.63) is 52.9 Å². The SMILES string of the molecule is CNC(=O)C(C)(CCn1ccc(-c2ccc(OCCCO)cc2)cc1=O)S(C)(=O)=O. The van der Waals surface area contributed by atoms with E-state index in [0.717, 1.165) is 17.4 Å². The summed E-state index contributed by atoms with van der Waals surface area (Å²) in [4.78, 5) is 24.7. The molecular weight excluding hydrogens is 408 g/mol. The number of nitrogens with zero attached hydrogens (tertiary/aromatic N) is 1. The zero-order valence-electron chi connectivity index (χ0n) is 17.4. The molecule has 0 saturated heterocycles. The molecule has 1 aromatic heterocycles. The molecule has 0 radical (unpaired) electrons. The Labute approximate surface area is 176 Å². The number of benzene rings is 1. The topological polar surface area (TPSA) is 115 Å². The first-order valence-corrected chi connectivity index (χ1v) is 11.5. The first kappa shape index (κ1) is 23.6. The second-order valence-corrected chi connectivity index (χ2v) is 9.67. The number of sulfone groups is 1. The summed E-state index contributed by atoms with van der Waals surface area (Å²) in [5, 5.41) is 11.2. The molecule has 0 fully saturated rings. The molecule has 1 unspecified atom stereocenters. The van der Waals surface area contributed by atoms with Crippen molar-refractivity contribution in [2.24, 2.45) is 0 Å². The van der Waals surface area contributed by atoms with Gasteiger partial charge >= 0.3 is 0 Å². The number of aliphatic hydroxyl groups excluding tert-OH is 1. The van der Waals surface area contributed by atoms with Gasteiger partial charge in [0.15, 0.2) is 9.84 Å². The molecule has 2 rings (SSSR count). The van der Waals surface area contributed by atoms with E-state index < -0.39 is 20.5 Å². The Morgan fingerprint density at radius 3 is 2.40 bits per heavy atom. The van der Waals surface area contributed by atoms with E-state index in [2.05, 4.69) is 5.32 Å². The summed E-state index contributed by atoms with van der Waals surface area (Å²) in [5.41, 5.74) is 1.26. The van der Waals surface area contributed by atoms with Crippen LogP contribution >= 0.6 is 0 Å². The van der Waals surface area contributed by atoms with E-state index in [1.54, 1.807) is 24.4 Å². The van der Waals surface area contributed by atoms with Crippen LogP contribution in [0.15, 0.2) is 47.4 Å². The lowest BCUT2D eigenvalue weighted by molar-refractivity contribution is -0.123. The normalized spacial score (nSPS) is 13.5. The average Bonchev–Trinajstić information content (AvgIpc) is 2.71. The summed E-state index contributed by atoms with van der Waals surface area (Å²) in [7, 11) is -2.29. The van der Waals surface area contributed by atoms with E-state index in [1.165, 1.54) is 24.6 Å². The molecule has 0 aliphatic rings. The highest BCUT2D eigenvalue weighted by molar-refractivity contribution is 7.92. The molecule has 164 valence electrons. The van der Waals surface area contributed by atoms with Gasteiger partial charge in [-0.05, 0) is 42.7 Å². The molecule has 1 amide bonds. The Hall–Kier alpha value is -2.65. The fraction of sp³-hybridized carbons (Fsp3) is 0.429. The number of hydrogen-bond acceptors (Lipinski definition) is 6. The highest BCUT2D eigenvalue weighted by Gasteiger charge is 2.42. The van der Waals surface area contributed by atoms with Gasteiger partial charge in [0.2, 0.25) is 5.91 Å². The second-order valence-electron chi connectivity index (χ2n) is 7.23. The maximum absolute atomic E-state index is 12.5. The van der Waals surface area contributed by atoms with Crippen molar-refractivity contribution in [1.82, 2.24) is 9.88 Å². The number of amides is 1. The van der Waals surface area contributed by atoms with Gasteiger partial charge in [-0.3, -0.25) is 9.59 Å². The van der Waals surface area contributed by atoms with Crippen molar-refractivity contribution < 1.29 is 23.1 Å². The van der Waals surface area contributed by atoms with Crippen LogP contribution in [0, 0.1) is 0 Å². The zero-order chi connectivity index (χ0) is 22.4. The highest BCUT2D eigenvalue weighted by Crippen LogP contribution is 2.23. The fourth-order valence-corrected chi connectivity index (χ4v) is 3.84. The van der Waals surface area contributed by atoms with Crippen molar-refractivity contribution >= 4 is 15.7 Å². The number of carbonyl (C=O) groups is 1. The molecule has 1 heterocycles. The minimum Gasteiger partial charge on any atom is -0.494 e. The minimum atomic E-state index is -3.68. The van der Waals surface area contributed by atoms with Crippen molar-refractivity contribution in [1.29, 1.82) is 0 Å². The Balaban J connectivity index is 2.15. The molecule has 2 aromatic rings. The van der Waals surface area contributed by atoms with Crippen molar-refractivity contribution in [3.63, 3.8) is 0 Å². The molecule has 9 heteroatoms. The quantitative estimate of drug-likeness (QED) is 0.541. The monoisotopic (exact) mass is 436 g/mol. The van der Waals surface area contributed by atoms with E-state index in [0.29, 0.717) is 18.8 Å². The van der Waals surface area contributed by atoms with Crippen LogP contribution in [-0.4, -0.2) is 55.3 Å². The Morgan fingerprint density at radius 2 is 1.87 bits per heavy atom. The molecule has 0 spiro atoms. The molecular formula is C21H28N2O6S. The number of aromatic nitrogens is 1. The molecule has 0 saturated carbocycles. The minimum absolute atomic E-state index is 0.0232. The van der Waals surface area contributed by atoms with Gasteiger partial charge < -0.3 is 19.7 Å². The first-order chi connectivity index (χ1) is 14.1. The summed E-state index contributed by atoms with van der Waals surface area (Å²) in [6.45, 7) is 1.95. The molecule has 30 heavy (non-hydrogen) atoms. The smallest absolute Gasteiger partial charge is 0.251 e. The Morgan fingerprint density at radius 1 is 1.20 bits per heavy atom. The summed E-state index contributed by atoms with van der Waals surface area (Å²) in [6.07, 6.45) is 3.14. The number of pyridine rings is 1. The van der Waals surface area contributed by atoms with Crippen molar-refractivity contribution in [3.8, 4) is 16.9 Å². The van der Waals surface area contributed by atoms with Crippen LogP contribution < -0.4 is 15.6 Å². The number of rotatable bonds is 10. The van der Waals surface area contributed by atoms with Crippen LogP contribution in [0.25, 0.3) is 11.1 Å². The number of ether oxygens (including phenoxy) is 1. The van der Waals surface area contributed by atoms with Gasteiger partial charge in [-0.1, -0.05) is 12.1 Å². The van der Waals surface area contributed by atoms with E-state index in [-0.39, 0.29) is 25.1 Å². The average molecular weight is 437 g/mol. The van der Waals surface area contributed by atoms with Gasteiger partial charge in [-0.15, -0.1) is 0 Å². The predicted octanol–water partition coefficient (Wildman–Crippen LogP) is 1.22. The standard InChI is InChI=1S/C21H28N2O6S/c1-21(20(26)22-2,30(3,27)28)10-12-23-11-9-17(15-19(23)25)16-5-7-18(8-6-16)29-14-4-13-24/h5-9,11,15,24H,4,10,12-14H2,1-3H3,(H,22,26). The van der Waals surface area contributed by atoms with Crippen LogP contribution in [0.5, 0.6) is 5.75 Å². The number of carbonyl (C=O) groups excluding carboxylic acids is 1.